The Kier molecular flexibility index (Phi) is 3.39. The normalized spacial score (nSPS) is 13.7. The van der Waals surface area contributed by atoms with Gasteiger partial charge in [0.25, 0.3) is 5.24 Å². The number of alkyl halides is 3. The van der Waals surface area contributed by atoms with Gasteiger partial charge in [-0.2, -0.15) is 13.2 Å². The summed E-state index contributed by atoms with van der Waals surface area (Å²) in [5.41, 5.74) is 0.305. The second-order valence-electron chi connectivity index (χ2n) is 3.16. The molecular weight excluding hydrogens is 229 g/mol. The van der Waals surface area contributed by atoms with Crippen LogP contribution >= 0.6 is 11.6 Å². The fourth-order valence-corrected chi connectivity index (χ4v) is 1.22. The minimum absolute atomic E-state index is 0.115. The number of hydrogen-bond acceptors (Lipinski definition) is 1. The van der Waals surface area contributed by atoms with Gasteiger partial charge in [0.2, 0.25) is 0 Å². The number of halogens is 4. The van der Waals surface area contributed by atoms with E-state index in [1.165, 1.54) is 24.3 Å². The molecule has 0 saturated carbocycles. The van der Waals surface area contributed by atoms with E-state index in [-0.39, 0.29) is 11.1 Å². The topological polar surface area (TPSA) is 17.1 Å². The van der Waals surface area contributed by atoms with Crippen LogP contribution in [0.2, 0.25) is 0 Å². The molecule has 1 unspecified atom stereocenters. The van der Waals surface area contributed by atoms with E-state index in [2.05, 4.69) is 0 Å². The smallest absolute Gasteiger partial charge is 0.276 e. The fourth-order valence-electron chi connectivity index (χ4n) is 1.09. The second-order valence-corrected chi connectivity index (χ2v) is 3.50. The van der Waals surface area contributed by atoms with Crippen LogP contribution in [0.1, 0.15) is 28.8 Å². The molecule has 1 atom stereocenters. The van der Waals surface area contributed by atoms with Gasteiger partial charge in [-0.1, -0.05) is 12.1 Å². The number of carbonyl (C=O) groups is 1. The fraction of sp³-hybridized carbons (Fsp3) is 0.300. The lowest BCUT2D eigenvalue weighted by atomic mass is 10.00. The van der Waals surface area contributed by atoms with E-state index >= 15 is 0 Å². The van der Waals surface area contributed by atoms with Gasteiger partial charge in [0, 0.05) is 5.56 Å². The SMILES string of the molecule is CC(c1ccc(C(=O)Cl)cc1)C(F)(F)F. The summed E-state index contributed by atoms with van der Waals surface area (Å²) in [6, 6.07) is 5.08. The third kappa shape index (κ3) is 2.96. The Morgan fingerprint density at radius 1 is 1.27 bits per heavy atom. The maximum atomic E-state index is 12.3. The molecule has 0 aromatic heterocycles. The van der Waals surface area contributed by atoms with Crippen LogP contribution in [0.3, 0.4) is 0 Å². The second kappa shape index (κ2) is 4.23. The van der Waals surface area contributed by atoms with Crippen molar-refractivity contribution in [3.05, 3.63) is 35.4 Å². The van der Waals surface area contributed by atoms with Crippen molar-refractivity contribution in [1.82, 2.24) is 0 Å². The first kappa shape index (κ1) is 12.0. The first-order valence-corrected chi connectivity index (χ1v) is 4.56. The van der Waals surface area contributed by atoms with Crippen molar-refractivity contribution in [3.63, 3.8) is 0 Å². The zero-order valence-corrected chi connectivity index (χ0v) is 8.56. The quantitative estimate of drug-likeness (QED) is 0.715. The molecule has 0 amide bonds. The minimum Gasteiger partial charge on any atom is -0.276 e. The molecule has 82 valence electrons. The van der Waals surface area contributed by atoms with Crippen LogP contribution in [0.5, 0.6) is 0 Å². The van der Waals surface area contributed by atoms with E-state index in [9.17, 15) is 18.0 Å². The summed E-state index contributed by atoms with van der Waals surface area (Å²) in [6.07, 6.45) is -4.27. The zero-order valence-electron chi connectivity index (χ0n) is 7.81. The highest BCUT2D eigenvalue weighted by molar-refractivity contribution is 6.67. The van der Waals surface area contributed by atoms with Gasteiger partial charge in [0.05, 0.1) is 5.92 Å². The molecule has 5 heteroatoms. The van der Waals surface area contributed by atoms with E-state index in [0.29, 0.717) is 0 Å². The van der Waals surface area contributed by atoms with Crippen molar-refractivity contribution in [2.24, 2.45) is 0 Å². The summed E-state index contributed by atoms with van der Waals surface area (Å²) in [7, 11) is 0. The van der Waals surface area contributed by atoms with Gasteiger partial charge in [0.15, 0.2) is 0 Å². The lowest BCUT2D eigenvalue weighted by Gasteiger charge is -2.15. The van der Waals surface area contributed by atoms with Crippen LogP contribution in [0.15, 0.2) is 24.3 Å². The van der Waals surface area contributed by atoms with Crippen molar-refractivity contribution in [1.29, 1.82) is 0 Å². The number of carbonyl (C=O) groups excluding carboxylic acids is 1. The van der Waals surface area contributed by atoms with E-state index in [1.54, 1.807) is 0 Å². The first-order chi connectivity index (χ1) is 6.82. The molecule has 0 aliphatic rings. The average molecular weight is 237 g/mol. The van der Waals surface area contributed by atoms with E-state index in [0.717, 1.165) is 6.92 Å². The summed E-state index contributed by atoms with van der Waals surface area (Å²) in [5, 5.41) is -0.679. The molecule has 15 heavy (non-hydrogen) atoms. The number of rotatable bonds is 2. The van der Waals surface area contributed by atoms with Gasteiger partial charge in [-0.15, -0.1) is 0 Å². The highest BCUT2D eigenvalue weighted by Crippen LogP contribution is 2.34. The molecular formula is C10H8ClF3O. The van der Waals surface area contributed by atoms with Crippen molar-refractivity contribution >= 4 is 16.8 Å². The minimum atomic E-state index is -4.27. The maximum Gasteiger partial charge on any atom is 0.395 e. The van der Waals surface area contributed by atoms with Gasteiger partial charge in [-0.3, -0.25) is 4.79 Å². The number of hydrogen-bond donors (Lipinski definition) is 0. The monoisotopic (exact) mass is 236 g/mol. The molecule has 0 spiro atoms. The van der Waals surface area contributed by atoms with Gasteiger partial charge >= 0.3 is 6.18 Å². The Hall–Kier alpha value is -1.03. The van der Waals surface area contributed by atoms with Crippen molar-refractivity contribution in [3.8, 4) is 0 Å². The summed E-state index contributed by atoms with van der Waals surface area (Å²) < 4.78 is 36.9. The molecule has 0 radical (unpaired) electrons. The van der Waals surface area contributed by atoms with Crippen LogP contribution in [0.4, 0.5) is 13.2 Å². The molecule has 1 rings (SSSR count). The van der Waals surface area contributed by atoms with Crippen LogP contribution in [0, 0.1) is 0 Å². The van der Waals surface area contributed by atoms with Crippen molar-refractivity contribution in [2.75, 3.05) is 0 Å². The van der Waals surface area contributed by atoms with E-state index in [1.807, 2.05) is 0 Å². The maximum absolute atomic E-state index is 12.3. The zero-order chi connectivity index (χ0) is 11.6. The molecule has 0 bridgehead atoms. The Morgan fingerprint density at radius 3 is 2.07 bits per heavy atom. The average Bonchev–Trinajstić information content (AvgIpc) is 2.15. The Morgan fingerprint density at radius 2 is 1.73 bits per heavy atom. The molecule has 0 heterocycles. The third-order valence-corrected chi connectivity index (χ3v) is 2.35. The van der Waals surface area contributed by atoms with E-state index < -0.39 is 17.3 Å². The van der Waals surface area contributed by atoms with Gasteiger partial charge < -0.3 is 0 Å². The van der Waals surface area contributed by atoms with Crippen LogP contribution < -0.4 is 0 Å². The van der Waals surface area contributed by atoms with Gasteiger partial charge in [-0.05, 0) is 36.2 Å². The molecule has 0 aliphatic heterocycles. The Labute approximate surface area is 89.9 Å². The predicted molar refractivity (Wildman–Crippen MR) is 51.1 cm³/mol. The molecule has 0 N–H and O–H groups in total. The highest BCUT2D eigenvalue weighted by atomic mass is 35.5. The predicted octanol–water partition coefficient (Wildman–Crippen LogP) is 3.73. The summed E-state index contributed by atoms with van der Waals surface area (Å²) in [6.45, 7) is 1.07. The van der Waals surface area contributed by atoms with Crippen LogP contribution in [0.25, 0.3) is 0 Å². The first-order valence-electron chi connectivity index (χ1n) is 4.19. The summed E-state index contributed by atoms with van der Waals surface area (Å²) >= 11 is 5.16. The third-order valence-electron chi connectivity index (χ3n) is 2.13. The van der Waals surface area contributed by atoms with E-state index in [4.69, 9.17) is 11.6 Å². The molecule has 1 aromatic carbocycles. The summed E-state index contributed by atoms with van der Waals surface area (Å²) in [5.74, 6) is -1.54. The highest BCUT2D eigenvalue weighted by Gasteiger charge is 2.36. The van der Waals surface area contributed by atoms with Crippen molar-refractivity contribution < 1.29 is 18.0 Å². The lowest BCUT2D eigenvalue weighted by molar-refractivity contribution is -0.146. The molecule has 0 aliphatic carbocycles. The van der Waals surface area contributed by atoms with Gasteiger partial charge in [0.1, 0.15) is 0 Å². The molecule has 1 aromatic rings. The van der Waals surface area contributed by atoms with Crippen LogP contribution in [-0.2, 0) is 0 Å². The Bertz CT molecular complexity index is 356. The van der Waals surface area contributed by atoms with Gasteiger partial charge in [-0.25, -0.2) is 0 Å². The molecule has 0 fully saturated rings. The van der Waals surface area contributed by atoms with Crippen LogP contribution in [-0.4, -0.2) is 11.4 Å². The largest absolute Gasteiger partial charge is 0.395 e. The number of benzene rings is 1. The molecule has 0 saturated heterocycles. The Balaban J connectivity index is 2.94. The lowest BCUT2D eigenvalue weighted by Crippen LogP contribution is -2.17. The standard InChI is InChI=1S/C10H8ClF3O/c1-6(10(12,13)14)7-2-4-8(5-3-7)9(11)15/h2-6H,1H3. The van der Waals surface area contributed by atoms with Crippen molar-refractivity contribution in [2.45, 2.75) is 19.0 Å². The molecule has 1 nitrogen and oxygen atoms in total. The summed E-state index contributed by atoms with van der Waals surface area (Å²) in [4.78, 5) is 10.7.